The van der Waals surface area contributed by atoms with E-state index in [1.807, 2.05) is 0 Å². The van der Waals surface area contributed by atoms with Crippen LogP contribution < -0.4 is 5.32 Å². The SMILES string of the molecule is ClCCCNCC1CC2CCC1C2. The van der Waals surface area contributed by atoms with Gasteiger partial charge in [0.1, 0.15) is 0 Å². The Kier molecular flexibility index (Phi) is 3.51. The Morgan fingerprint density at radius 1 is 1.23 bits per heavy atom. The quantitative estimate of drug-likeness (QED) is 0.533. The van der Waals surface area contributed by atoms with Gasteiger partial charge in [-0.15, -0.1) is 11.6 Å². The Morgan fingerprint density at radius 2 is 2.15 bits per heavy atom. The fourth-order valence-electron chi connectivity index (χ4n) is 3.11. The second-order valence-electron chi connectivity index (χ2n) is 4.68. The third-order valence-electron chi connectivity index (χ3n) is 3.78. The number of alkyl halides is 1. The van der Waals surface area contributed by atoms with Gasteiger partial charge in [-0.2, -0.15) is 0 Å². The highest BCUT2D eigenvalue weighted by Gasteiger charge is 2.38. The molecule has 1 N–H and O–H groups in total. The summed E-state index contributed by atoms with van der Waals surface area (Å²) in [5.41, 5.74) is 0. The fraction of sp³-hybridized carbons (Fsp3) is 1.00. The molecule has 0 aromatic rings. The van der Waals surface area contributed by atoms with Crippen LogP contribution in [-0.2, 0) is 0 Å². The lowest BCUT2D eigenvalue weighted by Gasteiger charge is -2.21. The summed E-state index contributed by atoms with van der Waals surface area (Å²) in [4.78, 5) is 0. The first-order valence-corrected chi connectivity index (χ1v) is 6.20. The molecule has 1 nitrogen and oxygen atoms in total. The standard InChI is InChI=1S/C11H20ClN/c12-4-1-5-13-8-11-7-9-2-3-10(11)6-9/h9-11,13H,1-8H2. The zero-order valence-electron chi connectivity index (χ0n) is 8.27. The van der Waals surface area contributed by atoms with Crippen molar-refractivity contribution in [3.8, 4) is 0 Å². The van der Waals surface area contributed by atoms with Crippen molar-refractivity contribution in [2.24, 2.45) is 17.8 Å². The van der Waals surface area contributed by atoms with Crippen molar-refractivity contribution in [1.29, 1.82) is 0 Å². The molecular weight excluding hydrogens is 182 g/mol. The molecule has 0 radical (unpaired) electrons. The maximum Gasteiger partial charge on any atom is 0.0235 e. The summed E-state index contributed by atoms with van der Waals surface area (Å²) in [5, 5.41) is 3.53. The third kappa shape index (κ3) is 2.38. The highest BCUT2D eigenvalue weighted by Crippen LogP contribution is 2.47. The largest absolute Gasteiger partial charge is 0.316 e. The van der Waals surface area contributed by atoms with Gasteiger partial charge in [0.15, 0.2) is 0 Å². The third-order valence-corrected chi connectivity index (χ3v) is 4.05. The molecule has 2 aliphatic carbocycles. The van der Waals surface area contributed by atoms with E-state index in [2.05, 4.69) is 5.32 Å². The Balaban J connectivity index is 1.60. The Bertz CT molecular complexity index is 160. The van der Waals surface area contributed by atoms with Gasteiger partial charge in [0.25, 0.3) is 0 Å². The smallest absolute Gasteiger partial charge is 0.0235 e. The normalized spacial score (nSPS) is 37.2. The predicted molar refractivity (Wildman–Crippen MR) is 57.1 cm³/mol. The zero-order chi connectivity index (χ0) is 9.10. The molecule has 2 fully saturated rings. The molecule has 2 heteroatoms. The van der Waals surface area contributed by atoms with Gasteiger partial charge in [-0.3, -0.25) is 0 Å². The van der Waals surface area contributed by atoms with E-state index in [0.29, 0.717) is 0 Å². The minimum absolute atomic E-state index is 0.795. The van der Waals surface area contributed by atoms with Gasteiger partial charge in [0.2, 0.25) is 0 Å². The highest BCUT2D eigenvalue weighted by molar-refractivity contribution is 6.17. The lowest BCUT2D eigenvalue weighted by molar-refractivity contribution is 0.319. The molecule has 76 valence electrons. The number of nitrogens with one attached hydrogen (secondary N) is 1. The van der Waals surface area contributed by atoms with Crippen LogP contribution in [0.2, 0.25) is 0 Å². The van der Waals surface area contributed by atoms with Crippen molar-refractivity contribution in [2.45, 2.75) is 32.1 Å². The molecule has 0 amide bonds. The van der Waals surface area contributed by atoms with Crippen LogP contribution in [-0.4, -0.2) is 19.0 Å². The Hall–Kier alpha value is 0.250. The van der Waals surface area contributed by atoms with Crippen LogP contribution in [0.4, 0.5) is 0 Å². The first-order valence-electron chi connectivity index (χ1n) is 5.67. The van der Waals surface area contributed by atoms with E-state index in [1.165, 1.54) is 32.2 Å². The predicted octanol–water partition coefficient (Wildman–Crippen LogP) is 2.64. The van der Waals surface area contributed by atoms with Crippen LogP contribution >= 0.6 is 11.6 Å². The van der Waals surface area contributed by atoms with Gasteiger partial charge < -0.3 is 5.32 Å². The molecular formula is C11H20ClN. The van der Waals surface area contributed by atoms with Gasteiger partial charge in [0.05, 0.1) is 0 Å². The van der Waals surface area contributed by atoms with Gasteiger partial charge >= 0.3 is 0 Å². The van der Waals surface area contributed by atoms with Crippen molar-refractivity contribution in [2.75, 3.05) is 19.0 Å². The Morgan fingerprint density at radius 3 is 2.77 bits per heavy atom. The van der Waals surface area contributed by atoms with Crippen molar-refractivity contribution in [3.05, 3.63) is 0 Å². The molecule has 3 unspecified atom stereocenters. The summed E-state index contributed by atoms with van der Waals surface area (Å²) in [5.74, 6) is 3.94. The average Bonchev–Trinajstić information content (AvgIpc) is 2.73. The number of fused-ring (bicyclic) bond motifs is 2. The number of hydrogen-bond donors (Lipinski definition) is 1. The first kappa shape index (κ1) is 9.79. The molecule has 13 heavy (non-hydrogen) atoms. The van der Waals surface area contributed by atoms with E-state index in [9.17, 15) is 0 Å². The number of hydrogen-bond acceptors (Lipinski definition) is 1. The van der Waals surface area contributed by atoms with Gasteiger partial charge in [0, 0.05) is 5.88 Å². The molecule has 0 heterocycles. The molecule has 0 spiro atoms. The second-order valence-corrected chi connectivity index (χ2v) is 5.06. The molecule has 2 saturated carbocycles. The van der Waals surface area contributed by atoms with Crippen molar-refractivity contribution in [1.82, 2.24) is 5.32 Å². The maximum atomic E-state index is 5.62. The van der Waals surface area contributed by atoms with Crippen LogP contribution in [0, 0.1) is 17.8 Å². The Labute approximate surface area is 86.2 Å². The van der Waals surface area contributed by atoms with E-state index >= 15 is 0 Å². The van der Waals surface area contributed by atoms with E-state index in [-0.39, 0.29) is 0 Å². The second kappa shape index (κ2) is 4.65. The monoisotopic (exact) mass is 201 g/mol. The van der Waals surface area contributed by atoms with Crippen LogP contribution in [0.5, 0.6) is 0 Å². The first-order chi connectivity index (χ1) is 6.40. The van der Waals surface area contributed by atoms with Gasteiger partial charge in [-0.1, -0.05) is 6.42 Å². The lowest BCUT2D eigenvalue weighted by Crippen LogP contribution is -2.27. The van der Waals surface area contributed by atoms with E-state index in [1.54, 1.807) is 0 Å². The fourth-order valence-corrected chi connectivity index (χ4v) is 3.24. The topological polar surface area (TPSA) is 12.0 Å². The molecule has 0 saturated heterocycles. The number of halogens is 1. The van der Waals surface area contributed by atoms with E-state index in [0.717, 1.165) is 36.6 Å². The minimum Gasteiger partial charge on any atom is -0.316 e. The zero-order valence-corrected chi connectivity index (χ0v) is 9.02. The average molecular weight is 202 g/mol. The molecule has 0 aliphatic heterocycles. The minimum atomic E-state index is 0.795. The summed E-state index contributed by atoms with van der Waals surface area (Å²) < 4.78 is 0. The summed E-state index contributed by atoms with van der Waals surface area (Å²) >= 11 is 5.62. The highest BCUT2D eigenvalue weighted by atomic mass is 35.5. The molecule has 3 atom stereocenters. The number of rotatable bonds is 5. The summed E-state index contributed by atoms with van der Waals surface area (Å²) in [7, 11) is 0. The van der Waals surface area contributed by atoms with E-state index < -0.39 is 0 Å². The van der Waals surface area contributed by atoms with Crippen LogP contribution in [0.25, 0.3) is 0 Å². The summed E-state index contributed by atoms with van der Waals surface area (Å²) in [6.07, 6.45) is 7.16. The molecule has 2 rings (SSSR count). The molecule has 2 bridgehead atoms. The molecule has 2 aliphatic rings. The van der Waals surface area contributed by atoms with E-state index in [4.69, 9.17) is 11.6 Å². The maximum absolute atomic E-state index is 5.62. The van der Waals surface area contributed by atoms with Crippen molar-refractivity contribution < 1.29 is 0 Å². The van der Waals surface area contributed by atoms with Crippen molar-refractivity contribution in [3.63, 3.8) is 0 Å². The van der Waals surface area contributed by atoms with Gasteiger partial charge in [-0.05, 0) is 56.5 Å². The van der Waals surface area contributed by atoms with Crippen LogP contribution in [0.1, 0.15) is 32.1 Å². The summed E-state index contributed by atoms with van der Waals surface area (Å²) in [6.45, 7) is 2.36. The van der Waals surface area contributed by atoms with Crippen LogP contribution in [0.3, 0.4) is 0 Å². The summed E-state index contributed by atoms with van der Waals surface area (Å²) in [6, 6.07) is 0. The van der Waals surface area contributed by atoms with Crippen molar-refractivity contribution >= 4 is 11.6 Å². The molecule has 0 aromatic heterocycles. The molecule has 0 aromatic carbocycles. The lowest BCUT2D eigenvalue weighted by atomic mass is 9.89. The van der Waals surface area contributed by atoms with Gasteiger partial charge in [-0.25, -0.2) is 0 Å². The van der Waals surface area contributed by atoms with Crippen LogP contribution in [0.15, 0.2) is 0 Å².